The molecular weight excluding hydrogens is 214 g/mol. The first-order valence-corrected chi connectivity index (χ1v) is 6.83. The molecule has 1 aliphatic heterocycles. The number of carbonyl (C=O) groups excluding carboxylic acids is 1. The molecule has 4 heteroatoms. The van der Waals surface area contributed by atoms with E-state index < -0.39 is 0 Å². The van der Waals surface area contributed by atoms with Gasteiger partial charge in [-0.3, -0.25) is 4.90 Å². The molecule has 1 heterocycles. The van der Waals surface area contributed by atoms with Crippen molar-refractivity contribution in [2.24, 2.45) is 0 Å². The summed E-state index contributed by atoms with van der Waals surface area (Å²) >= 11 is 0. The second kappa shape index (κ2) is 7.54. The smallest absolute Gasteiger partial charge is 0.319 e. The van der Waals surface area contributed by atoms with Crippen molar-refractivity contribution in [3.8, 4) is 0 Å². The Labute approximate surface area is 106 Å². The fourth-order valence-electron chi connectivity index (χ4n) is 2.21. The molecule has 0 atom stereocenters. The quantitative estimate of drug-likeness (QED) is 0.687. The minimum atomic E-state index is 0.149. The summed E-state index contributed by atoms with van der Waals surface area (Å²) in [5, 5.41) is 0. The van der Waals surface area contributed by atoms with E-state index in [0.29, 0.717) is 0 Å². The Hall–Kier alpha value is -0.770. The molecule has 0 spiro atoms. The van der Waals surface area contributed by atoms with Crippen LogP contribution in [0.3, 0.4) is 0 Å². The molecule has 0 N–H and O–H groups in total. The average Bonchev–Trinajstić information content (AvgIpc) is 2.34. The van der Waals surface area contributed by atoms with Gasteiger partial charge in [0.15, 0.2) is 0 Å². The second-order valence-corrected chi connectivity index (χ2v) is 5.07. The van der Waals surface area contributed by atoms with Gasteiger partial charge in [-0.2, -0.15) is 0 Å². The van der Waals surface area contributed by atoms with Gasteiger partial charge in [-0.25, -0.2) is 4.79 Å². The number of nitrogens with zero attached hydrogens (tertiary/aromatic N) is 3. The topological polar surface area (TPSA) is 26.8 Å². The minimum Gasteiger partial charge on any atom is -0.331 e. The van der Waals surface area contributed by atoms with Crippen LogP contribution in [0.1, 0.15) is 32.6 Å². The lowest BCUT2D eigenvalue weighted by Gasteiger charge is -2.35. The maximum Gasteiger partial charge on any atom is 0.319 e. The Morgan fingerprint density at radius 1 is 1.06 bits per heavy atom. The van der Waals surface area contributed by atoms with Crippen LogP contribution in [0.15, 0.2) is 0 Å². The molecule has 100 valence electrons. The Bertz CT molecular complexity index is 223. The van der Waals surface area contributed by atoms with Gasteiger partial charge in [-0.05, 0) is 13.0 Å². The molecule has 0 aliphatic carbocycles. The summed E-state index contributed by atoms with van der Waals surface area (Å²) in [6.45, 7) is 7.27. The van der Waals surface area contributed by atoms with Gasteiger partial charge in [0.1, 0.15) is 0 Å². The van der Waals surface area contributed by atoms with Crippen LogP contribution < -0.4 is 0 Å². The Morgan fingerprint density at radius 2 is 1.71 bits per heavy atom. The molecule has 0 saturated carbocycles. The van der Waals surface area contributed by atoms with Crippen LogP contribution >= 0.6 is 0 Å². The molecule has 1 aliphatic rings. The highest BCUT2D eigenvalue weighted by Gasteiger charge is 2.21. The lowest BCUT2D eigenvalue weighted by molar-refractivity contribution is 0.122. The zero-order chi connectivity index (χ0) is 12.7. The number of amides is 2. The standard InChI is InChI=1S/C13H27N3O/c1-4-5-6-7-8-15-9-11-16(12-10-15)13(17)14(2)3/h4-12H2,1-3H3. The Kier molecular flexibility index (Phi) is 6.34. The van der Waals surface area contributed by atoms with Gasteiger partial charge in [-0.15, -0.1) is 0 Å². The molecule has 4 nitrogen and oxygen atoms in total. The van der Waals surface area contributed by atoms with Crippen molar-refractivity contribution in [3.05, 3.63) is 0 Å². The van der Waals surface area contributed by atoms with Crippen molar-refractivity contribution in [2.45, 2.75) is 32.6 Å². The van der Waals surface area contributed by atoms with Crippen LogP contribution in [-0.2, 0) is 0 Å². The summed E-state index contributed by atoms with van der Waals surface area (Å²) < 4.78 is 0. The van der Waals surface area contributed by atoms with Gasteiger partial charge < -0.3 is 9.80 Å². The lowest BCUT2D eigenvalue weighted by atomic mass is 10.2. The van der Waals surface area contributed by atoms with Crippen LogP contribution in [0.2, 0.25) is 0 Å². The van der Waals surface area contributed by atoms with Gasteiger partial charge in [0.05, 0.1) is 0 Å². The SMILES string of the molecule is CCCCCCN1CCN(C(=O)N(C)C)CC1. The summed E-state index contributed by atoms with van der Waals surface area (Å²) in [4.78, 5) is 17.8. The highest BCUT2D eigenvalue weighted by atomic mass is 16.2. The van der Waals surface area contributed by atoms with E-state index in [9.17, 15) is 4.79 Å². The second-order valence-electron chi connectivity index (χ2n) is 5.07. The zero-order valence-corrected chi connectivity index (χ0v) is 11.6. The third-order valence-corrected chi connectivity index (χ3v) is 3.35. The van der Waals surface area contributed by atoms with Gasteiger partial charge in [0.2, 0.25) is 0 Å². The van der Waals surface area contributed by atoms with E-state index in [1.165, 1.54) is 32.2 Å². The minimum absolute atomic E-state index is 0.149. The van der Waals surface area contributed by atoms with Crippen molar-refractivity contribution >= 4 is 6.03 Å². The number of rotatable bonds is 5. The molecule has 0 unspecified atom stereocenters. The van der Waals surface area contributed by atoms with Gasteiger partial charge in [0.25, 0.3) is 0 Å². The van der Waals surface area contributed by atoms with Gasteiger partial charge in [0, 0.05) is 40.3 Å². The van der Waals surface area contributed by atoms with E-state index in [1.807, 2.05) is 19.0 Å². The van der Waals surface area contributed by atoms with E-state index >= 15 is 0 Å². The average molecular weight is 241 g/mol. The molecule has 1 fully saturated rings. The molecule has 17 heavy (non-hydrogen) atoms. The third-order valence-electron chi connectivity index (χ3n) is 3.35. The predicted molar refractivity (Wildman–Crippen MR) is 71.2 cm³/mol. The molecule has 0 aromatic rings. The monoisotopic (exact) mass is 241 g/mol. The van der Waals surface area contributed by atoms with Crippen molar-refractivity contribution < 1.29 is 4.79 Å². The summed E-state index contributed by atoms with van der Waals surface area (Å²) in [6, 6.07) is 0.149. The predicted octanol–water partition coefficient (Wildman–Crippen LogP) is 1.87. The van der Waals surface area contributed by atoms with Crippen LogP contribution in [0.5, 0.6) is 0 Å². The van der Waals surface area contributed by atoms with Crippen molar-refractivity contribution in [1.29, 1.82) is 0 Å². The molecule has 1 rings (SSSR count). The number of hydrogen-bond acceptors (Lipinski definition) is 2. The number of carbonyl (C=O) groups is 1. The lowest BCUT2D eigenvalue weighted by Crippen LogP contribution is -2.51. The van der Waals surface area contributed by atoms with Gasteiger partial charge >= 0.3 is 6.03 Å². The number of urea groups is 1. The van der Waals surface area contributed by atoms with E-state index in [4.69, 9.17) is 0 Å². The van der Waals surface area contributed by atoms with E-state index in [0.717, 1.165) is 26.2 Å². The molecule has 1 saturated heterocycles. The van der Waals surface area contributed by atoms with Gasteiger partial charge in [-0.1, -0.05) is 26.2 Å². The first-order valence-electron chi connectivity index (χ1n) is 6.83. The fraction of sp³-hybridized carbons (Fsp3) is 0.923. The summed E-state index contributed by atoms with van der Waals surface area (Å²) in [5.74, 6) is 0. The molecule has 0 aromatic heterocycles. The first-order chi connectivity index (χ1) is 8.15. The van der Waals surface area contributed by atoms with E-state index in [-0.39, 0.29) is 6.03 Å². The van der Waals surface area contributed by atoms with Crippen molar-refractivity contribution in [2.75, 3.05) is 46.8 Å². The molecule has 0 bridgehead atoms. The highest BCUT2D eigenvalue weighted by Crippen LogP contribution is 2.07. The molecule has 0 radical (unpaired) electrons. The number of piperazine rings is 1. The summed E-state index contributed by atoms with van der Waals surface area (Å²) in [6.07, 6.45) is 5.28. The molecule has 2 amide bonds. The van der Waals surface area contributed by atoms with Crippen molar-refractivity contribution in [3.63, 3.8) is 0 Å². The Morgan fingerprint density at radius 3 is 2.24 bits per heavy atom. The normalized spacial score (nSPS) is 17.2. The van der Waals surface area contributed by atoms with Crippen LogP contribution in [-0.4, -0.2) is 67.5 Å². The largest absolute Gasteiger partial charge is 0.331 e. The zero-order valence-electron chi connectivity index (χ0n) is 11.6. The number of hydrogen-bond donors (Lipinski definition) is 0. The van der Waals surface area contributed by atoms with Crippen LogP contribution in [0.4, 0.5) is 4.79 Å². The van der Waals surface area contributed by atoms with Crippen LogP contribution in [0, 0.1) is 0 Å². The molecule has 0 aromatic carbocycles. The maximum atomic E-state index is 11.7. The van der Waals surface area contributed by atoms with Crippen molar-refractivity contribution in [1.82, 2.24) is 14.7 Å². The summed E-state index contributed by atoms with van der Waals surface area (Å²) in [5.41, 5.74) is 0. The first kappa shape index (κ1) is 14.3. The number of unbranched alkanes of at least 4 members (excludes halogenated alkanes) is 3. The summed E-state index contributed by atoms with van der Waals surface area (Å²) in [7, 11) is 3.64. The third kappa shape index (κ3) is 4.94. The highest BCUT2D eigenvalue weighted by molar-refractivity contribution is 5.73. The van der Waals surface area contributed by atoms with Crippen LogP contribution in [0.25, 0.3) is 0 Å². The fourth-order valence-corrected chi connectivity index (χ4v) is 2.21. The van der Waals surface area contributed by atoms with E-state index in [2.05, 4.69) is 11.8 Å². The maximum absolute atomic E-state index is 11.7. The van der Waals surface area contributed by atoms with E-state index in [1.54, 1.807) is 4.90 Å². The molecular formula is C13H27N3O. The Balaban J connectivity index is 2.15.